The Kier molecular flexibility index (Phi) is 1.89. The van der Waals surface area contributed by atoms with Gasteiger partial charge < -0.3 is 10.4 Å². The highest BCUT2D eigenvalue weighted by Gasteiger charge is 2.00. The maximum Gasteiger partial charge on any atom is 0.335 e. The number of carboxylic acid groups (broad SMARTS) is 1. The lowest BCUT2D eigenvalue weighted by Crippen LogP contribution is -1.97. The van der Waals surface area contributed by atoms with Gasteiger partial charge in [0.1, 0.15) is 0 Å². The molecule has 0 aromatic rings. The molecule has 0 spiro atoms. The number of carboxylic acids is 1. The molecule has 0 aromatic heterocycles. The van der Waals surface area contributed by atoms with Crippen molar-refractivity contribution in [2.45, 2.75) is 0 Å². The van der Waals surface area contributed by atoms with E-state index in [2.05, 4.69) is 5.32 Å². The molecule has 10 heavy (non-hydrogen) atoms. The molecule has 0 unspecified atom stereocenters. The molecule has 0 saturated heterocycles. The Morgan fingerprint density at radius 1 is 1.50 bits per heavy atom. The van der Waals surface area contributed by atoms with Crippen molar-refractivity contribution in [2.24, 2.45) is 0 Å². The summed E-state index contributed by atoms with van der Waals surface area (Å²) in [5.41, 5.74) is 0.279. The van der Waals surface area contributed by atoms with Gasteiger partial charge in [0.25, 0.3) is 0 Å². The van der Waals surface area contributed by atoms with Crippen LogP contribution in [0.1, 0.15) is 0 Å². The highest BCUT2D eigenvalue weighted by atomic mass is 16.4. The minimum absolute atomic E-state index is 0.279. The Hall–Kier alpha value is -1.51. The average Bonchev–Trinajstić information content (AvgIpc) is 2.12. The van der Waals surface area contributed by atoms with Crippen molar-refractivity contribution in [3.05, 3.63) is 36.2 Å². The summed E-state index contributed by atoms with van der Waals surface area (Å²) in [4.78, 5) is 10.3. The normalized spacial score (nSPS) is 15.4. The zero-order valence-corrected chi connectivity index (χ0v) is 5.24. The molecule has 0 aliphatic carbocycles. The summed E-state index contributed by atoms with van der Waals surface area (Å²) in [7, 11) is 0. The first-order chi connectivity index (χ1) is 4.80. The first-order valence-corrected chi connectivity index (χ1v) is 2.83. The molecule has 0 amide bonds. The van der Waals surface area contributed by atoms with E-state index in [9.17, 15) is 4.79 Å². The van der Waals surface area contributed by atoms with Crippen LogP contribution in [0.2, 0.25) is 0 Å². The monoisotopic (exact) mass is 137 g/mol. The number of carbonyl (C=O) groups is 1. The van der Waals surface area contributed by atoms with Gasteiger partial charge in [0.15, 0.2) is 0 Å². The lowest BCUT2D eigenvalue weighted by molar-refractivity contribution is -0.132. The molecular formula is C7H7NO2. The topological polar surface area (TPSA) is 49.3 Å². The van der Waals surface area contributed by atoms with E-state index in [1.165, 1.54) is 12.2 Å². The quantitative estimate of drug-likeness (QED) is 0.557. The zero-order valence-electron chi connectivity index (χ0n) is 5.24. The third-order valence-electron chi connectivity index (χ3n) is 1.07. The predicted molar refractivity (Wildman–Crippen MR) is 37.1 cm³/mol. The molecule has 0 bridgehead atoms. The SMILES string of the molecule is O=C(O)C1=CC=CNC=C1. The molecule has 0 aromatic carbocycles. The highest BCUT2D eigenvalue weighted by Crippen LogP contribution is 1.98. The van der Waals surface area contributed by atoms with E-state index in [-0.39, 0.29) is 5.57 Å². The van der Waals surface area contributed by atoms with E-state index in [0.717, 1.165) is 0 Å². The van der Waals surface area contributed by atoms with Gasteiger partial charge in [0.05, 0.1) is 5.57 Å². The van der Waals surface area contributed by atoms with Gasteiger partial charge in [0, 0.05) is 12.4 Å². The molecule has 52 valence electrons. The molecule has 0 radical (unpaired) electrons. The van der Waals surface area contributed by atoms with Crippen LogP contribution in [-0.2, 0) is 4.79 Å². The Morgan fingerprint density at radius 3 is 3.00 bits per heavy atom. The van der Waals surface area contributed by atoms with Gasteiger partial charge in [-0.05, 0) is 18.2 Å². The Labute approximate surface area is 58.4 Å². The van der Waals surface area contributed by atoms with Crippen molar-refractivity contribution < 1.29 is 9.90 Å². The number of allylic oxidation sites excluding steroid dienone is 2. The molecule has 3 nitrogen and oxygen atoms in total. The summed E-state index contributed by atoms with van der Waals surface area (Å²) in [5, 5.41) is 11.2. The van der Waals surface area contributed by atoms with Crippen molar-refractivity contribution in [2.75, 3.05) is 0 Å². The third kappa shape index (κ3) is 1.48. The van der Waals surface area contributed by atoms with E-state index < -0.39 is 5.97 Å². The van der Waals surface area contributed by atoms with Crippen LogP contribution in [0, 0.1) is 0 Å². The maximum atomic E-state index is 10.3. The Morgan fingerprint density at radius 2 is 2.30 bits per heavy atom. The van der Waals surface area contributed by atoms with Gasteiger partial charge in [0.2, 0.25) is 0 Å². The Bertz CT molecular complexity index is 226. The fraction of sp³-hybridized carbons (Fsp3) is 0. The van der Waals surface area contributed by atoms with Crippen molar-refractivity contribution >= 4 is 5.97 Å². The fourth-order valence-corrected chi connectivity index (χ4v) is 0.599. The molecule has 1 aliphatic heterocycles. The van der Waals surface area contributed by atoms with Crippen LogP contribution in [0.5, 0.6) is 0 Å². The standard InChI is InChI=1S/C7H7NO2/c9-7(10)6-2-1-4-8-5-3-6/h1-5,8H,(H,9,10). The average molecular weight is 137 g/mol. The smallest absolute Gasteiger partial charge is 0.335 e. The molecule has 3 heteroatoms. The van der Waals surface area contributed by atoms with Crippen LogP contribution >= 0.6 is 0 Å². The highest BCUT2D eigenvalue weighted by molar-refractivity contribution is 5.90. The number of aliphatic carboxylic acids is 1. The summed E-state index contributed by atoms with van der Waals surface area (Å²) < 4.78 is 0. The lowest BCUT2D eigenvalue weighted by atomic mass is 10.2. The van der Waals surface area contributed by atoms with E-state index in [4.69, 9.17) is 5.11 Å². The van der Waals surface area contributed by atoms with Crippen LogP contribution in [0.4, 0.5) is 0 Å². The molecule has 0 saturated carbocycles. The second-order valence-electron chi connectivity index (χ2n) is 1.79. The van der Waals surface area contributed by atoms with Gasteiger partial charge >= 0.3 is 5.97 Å². The maximum absolute atomic E-state index is 10.3. The van der Waals surface area contributed by atoms with Gasteiger partial charge in [-0.3, -0.25) is 0 Å². The first-order valence-electron chi connectivity index (χ1n) is 2.83. The van der Waals surface area contributed by atoms with Crippen molar-refractivity contribution in [1.29, 1.82) is 0 Å². The molecule has 0 fully saturated rings. The molecular weight excluding hydrogens is 130 g/mol. The fourth-order valence-electron chi connectivity index (χ4n) is 0.599. The van der Waals surface area contributed by atoms with Gasteiger partial charge in [-0.2, -0.15) is 0 Å². The van der Waals surface area contributed by atoms with Crippen molar-refractivity contribution in [1.82, 2.24) is 5.32 Å². The van der Waals surface area contributed by atoms with E-state index in [1.54, 1.807) is 18.5 Å². The molecule has 1 heterocycles. The van der Waals surface area contributed by atoms with Crippen LogP contribution in [0.25, 0.3) is 0 Å². The number of hydrogen-bond acceptors (Lipinski definition) is 2. The second-order valence-corrected chi connectivity index (χ2v) is 1.79. The number of rotatable bonds is 1. The largest absolute Gasteiger partial charge is 0.478 e. The number of nitrogens with one attached hydrogen (secondary N) is 1. The van der Waals surface area contributed by atoms with Crippen molar-refractivity contribution in [3.63, 3.8) is 0 Å². The molecule has 0 atom stereocenters. The minimum Gasteiger partial charge on any atom is -0.478 e. The Balaban J connectivity index is 2.83. The van der Waals surface area contributed by atoms with E-state index >= 15 is 0 Å². The van der Waals surface area contributed by atoms with Crippen LogP contribution in [0.3, 0.4) is 0 Å². The third-order valence-corrected chi connectivity index (χ3v) is 1.07. The molecule has 1 rings (SSSR count). The summed E-state index contributed by atoms with van der Waals surface area (Å²) >= 11 is 0. The van der Waals surface area contributed by atoms with E-state index in [0.29, 0.717) is 0 Å². The summed E-state index contributed by atoms with van der Waals surface area (Å²) in [6.07, 6.45) is 7.90. The summed E-state index contributed by atoms with van der Waals surface area (Å²) in [6, 6.07) is 0. The molecule has 1 aliphatic rings. The minimum atomic E-state index is -0.912. The predicted octanol–water partition coefficient (Wildman–Crippen LogP) is 0.628. The first kappa shape index (κ1) is 6.61. The van der Waals surface area contributed by atoms with Crippen molar-refractivity contribution in [3.8, 4) is 0 Å². The van der Waals surface area contributed by atoms with E-state index in [1.807, 2.05) is 0 Å². The van der Waals surface area contributed by atoms with Crippen LogP contribution in [-0.4, -0.2) is 11.1 Å². The second kappa shape index (κ2) is 2.87. The van der Waals surface area contributed by atoms with Gasteiger partial charge in [-0.25, -0.2) is 4.79 Å². The lowest BCUT2D eigenvalue weighted by Gasteiger charge is -1.88. The summed E-state index contributed by atoms with van der Waals surface area (Å²) in [6.45, 7) is 0. The van der Waals surface area contributed by atoms with Crippen LogP contribution in [0.15, 0.2) is 36.2 Å². The summed E-state index contributed by atoms with van der Waals surface area (Å²) in [5.74, 6) is -0.912. The number of hydrogen-bond donors (Lipinski definition) is 2. The van der Waals surface area contributed by atoms with Gasteiger partial charge in [-0.1, -0.05) is 0 Å². The zero-order chi connectivity index (χ0) is 7.40. The molecule has 2 N–H and O–H groups in total. The van der Waals surface area contributed by atoms with Crippen LogP contribution < -0.4 is 5.32 Å². The van der Waals surface area contributed by atoms with Gasteiger partial charge in [-0.15, -0.1) is 0 Å².